The van der Waals surface area contributed by atoms with Crippen LogP contribution in [0.4, 0.5) is 0 Å². The predicted molar refractivity (Wildman–Crippen MR) is 78.7 cm³/mol. The molecule has 2 aromatic rings. The lowest BCUT2D eigenvalue weighted by atomic mass is 10.1. The van der Waals surface area contributed by atoms with Crippen LogP contribution in [0, 0.1) is 20.8 Å². The van der Waals surface area contributed by atoms with Gasteiger partial charge in [-0.3, -0.25) is 4.68 Å². The van der Waals surface area contributed by atoms with Gasteiger partial charge < -0.3 is 5.11 Å². The van der Waals surface area contributed by atoms with Gasteiger partial charge in [-0.2, -0.15) is 5.10 Å². The van der Waals surface area contributed by atoms with Crippen molar-refractivity contribution >= 4 is 12.0 Å². The molecule has 1 heterocycles. The zero-order valence-corrected chi connectivity index (χ0v) is 11.9. The van der Waals surface area contributed by atoms with Crippen LogP contribution in [0.25, 0.3) is 6.08 Å². The van der Waals surface area contributed by atoms with Crippen LogP contribution < -0.4 is 0 Å². The molecule has 0 unspecified atom stereocenters. The van der Waals surface area contributed by atoms with Crippen LogP contribution in [0.1, 0.15) is 28.1 Å². The molecular formula is C16H18N2O2. The number of aromatic nitrogens is 2. The fraction of sp³-hybridized carbons (Fsp3) is 0.250. The van der Waals surface area contributed by atoms with Gasteiger partial charge in [0.25, 0.3) is 0 Å². The molecule has 1 aromatic carbocycles. The van der Waals surface area contributed by atoms with Gasteiger partial charge in [0.15, 0.2) is 0 Å². The Morgan fingerprint density at radius 3 is 2.50 bits per heavy atom. The molecule has 0 amide bonds. The highest BCUT2D eigenvalue weighted by Gasteiger charge is 2.09. The van der Waals surface area contributed by atoms with Gasteiger partial charge in [-0.05, 0) is 32.4 Å². The van der Waals surface area contributed by atoms with Gasteiger partial charge in [0, 0.05) is 17.3 Å². The highest BCUT2D eigenvalue weighted by molar-refractivity contribution is 5.85. The van der Waals surface area contributed by atoms with Crippen molar-refractivity contribution in [3.63, 3.8) is 0 Å². The van der Waals surface area contributed by atoms with Crippen molar-refractivity contribution in [3.05, 3.63) is 58.4 Å². The number of aryl methyl sites for hydroxylation is 2. The standard InChI is InChI=1S/C16H18N2O2/c1-11-4-6-14(7-5-11)10-18-13(3)15(12(2)17-18)8-9-16(19)20/h4-9H,10H2,1-3H3,(H,19,20)/b9-8+. The minimum Gasteiger partial charge on any atom is -0.478 e. The number of hydrogen-bond acceptors (Lipinski definition) is 2. The van der Waals surface area contributed by atoms with E-state index in [2.05, 4.69) is 36.3 Å². The number of rotatable bonds is 4. The topological polar surface area (TPSA) is 55.1 Å². The van der Waals surface area contributed by atoms with E-state index in [0.29, 0.717) is 6.54 Å². The second-order valence-electron chi connectivity index (χ2n) is 4.90. The summed E-state index contributed by atoms with van der Waals surface area (Å²) in [5.74, 6) is -0.949. The number of carboxylic acids is 1. The van der Waals surface area contributed by atoms with Crippen LogP contribution in [0.2, 0.25) is 0 Å². The molecule has 0 atom stereocenters. The molecule has 0 aliphatic carbocycles. The smallest absolute Gasteiger partial charge is 0.328 e. The molecule has 4 nitrogen and oxygen atoms in total. The van der Waals surface area contributed by atoms with Crippen LogP contribution in [-0.2, 0) is 11.3 Å². The quantitative estimate of drug-likeness (QED) is 0.869. The van der Waals surface area contributed by atoms with Crippen LogP contribution in [-0.4, -0.2) is 20.9 Å². The summed E-state index contributed by atoms with van der Waals surface area (Å²) < 4.78 is 1.90. The fourth-order valence-corrected chi connectivity index (χ4v) is 2.13. The number of carbonyl (C=O) groups is 1. The maximum Gasteiger partial charge on any atom is 0.328 e. The summed E-state index contributed by atoms with van der Waals surface area (Å²) in [6.07, 6.45) is 2.75. The lowest BCUT2D eigenvalue weighted by molar-refractivity contribution is -0.131. The van der Waals surface area contributed by atoms with Crippen molar-refractivity contribution in [2.45, 2.75) is 27.3 Å². The maximum atomic E-state index is 10.6. The number of aliphatic carboxylic acids is 1. The van der Waals surface area contributed by atoms with Crippen LogP contribution in [0.15, 0.2) is 30.3 Å². The first-order valence-corrected chi connectivity index (χ1v) is 6.48. The number of nitrogens with zero attached hydrogens (tertiary/aromatic N) is 2. The van der Waals surface area contributed by atoms with Gasteiger partial charge in [-0.25, -0.2) is 4.79 Å². The molecule has 0 aliphatic heterocycles. The second-order valence-corrected chi connectivity index (χ2v) is 4.90. The average Bonchev–Trinajstić information content (AvgIpc) is 2.65. The molecule has 0 bridgehead atoms. The average molecular weight is 270 g/mol. The van der Waals surface area contributed by atoms with E-state index in [1.54, 1.807) is 6.08 Å². The normalized spacial score (nSPS) is 11.2. The van der Waals surface area contributed by atoms with Crippen molar-refractivity contribution in [2.75, 3.05) is 0 Å². The Morgan fingerprint density at radius 2 is 1.90 bits per heavy atom. The lowest BCUT2D eigenvalue weighted by Gasteiger charge is -2.05. The van der Waals surface area contributed by atoms with Crippen molar-refractivity contribution in [1.29, 1.82) is 0 Å². The molecule has 0 radical (unpaired) electrons. The fourth-order valence-electron chi connectivity index (χ4n) is 2.13. The third-order valence-corrected chi connectivity index (χ3v) is 3.28. The van der Waals surface area contributed by atoms with E-state index in [1.807, 2.05) is 18.5 Å². The Hall–Kier alpha value is -2.36. The van der Waals surface area contributed by atoms with Crippen molar-refractivity contribution in [2.24, 2.45) is 0 Å². The summed E-state index contributed by atoms with van der Waals surface area (Å²) >= 11 is 0. The summed E-state index contributed by atoms with van der Waals surface area (Å²) in [6.45, 7) is 6.59. The minimum absolute atomic E-state index is 0.688. The van der Waals surface area contributed by atoms with E-state index in [9.17, 15) is 4.79 Å². The van der Waals surface area contributed by atoms with Gasteiger partial charge in [0.1, 0.15) is 0 Å². The Balaban J connectivity index is 2.27. The Labute approximate surface area is 118 Å². The number of hydrogen-bond donors (Lipinski definition) is 1. The van der Waals surface area contributed by atoms with E-state index in [0.717, 1.165) is 23.0 Å². The van der Waals surface area contributed by atoms with Gasteiger partial charge in [0.05, 0.1) is 12.2 Å². The molecule has 0 fully saturated rings. The highest BCUT2D eigenvalue weighted by Crippen LogP contribution is 2.16. The molecule has 104 valence electrons. The second kappa shape index (κ2) is 5.74. The van der Waals surface area contributed by atoms with Gasteiger partial charge in [0.2, 0.25) is 0 Å². The Bertz CT molecular complexity index is 652. The predicted octanol–water partition coefficient (Wildman–Crippen LogP) is 2.95. The largest absolute Gasteiger partial charge is 0.478 e. The van der Waals surface area contributed by atoms with Crippen LogP contribution in [0.5, 0.6) is 0 Å². The maximum absolute atomic E-state index is 10.6. The molecular weight excluding hydrogens is 252 g/mol. The molecule has 0 aliphatic rings. The first-order valence-electron chi connectivity index (χ1n) is 6.48. The summed E-state index contributed by atoms with van der Waals surface area (Å²) in [5, 5.41) is 13.2. The van der Waals surface area contributed by atoms with Gasteiger partial charge in [-0.15, -0.1) is 0 Å². The van der Waals surface area contributed by atoms with Crippen molar-refractivity contribution in [1.82, 2.24) is 9.78 Å². The minimum atomic E-state index is -0.949. The molecule has 2 rings (SSSR count). The SMILES string of the molecule is Cc1ccc(Cn2nc(C)c(/C=C/C(=O)O)c2C)cc1. The molecule has 1 N–H and O–H groups in total. The summed E-state index contributed by atoms with van der Waals surface area (Å²) in [4.78, 5) is 10.6. The van der Waals surface area contributed by atoms with E-state index in [1.165, 1.54) is 11.1 Å². The molecule has 20 heavy (non-hydrogen) atoms. The first-order chi connectivity index (χ1) is 9.47. The van der Waals surface area contributed by atoms with Crippen molar-refractivity contribution in [3.8, 4) is 0 Å². The first kappa shape index (κ1) is 14.1. The van der Waals surface area contributed by atoms with Crippen LogP contribution in [0.3, 0.4) is 0 Å². The molecule has 0 saturated carbocycles. The van der Waals surface area contributed by atoms with Crippen molar-refractivity contribution < 1.29 is 9.90 Å². The van der Waals surface area contributed by atoms with E-state index < -0.39 is 5.97 Å². The number of benzene rings is 1. The molecule has 0 saturated heterocycles. The summed E-state index contributed by atoms with van der Waals surface area (Å²) in [7, 11) is 0. The van der Waals surface area contributed by atoms with Crippen LogP contribution >= 0.6 is 0 Å². The van der Waals surface area contributed by atoms with Gasteiger partial charge in [-0.1, -0.05) is 29.8 Å². The summed E-state index contributed by atoms with van der Waals surface area (Å²) in [5.41, 5.74) is 5.09. The van der Waals surface area contributed by atoms with Gasteiger partial charge >= 0.3 is 5.97 Å². The molecule has 4 heteroatoms. The van der Waals surface area contributed by atoms with E-state index in [-0.39, 0.29) is 0 Å². The highest BCUT2D eigenvalue weighted by atomic mass is 16.4. The third-order valence-electron chi connectivity index (χ3n) is 3.28. The Morgan fingerprint density at radius 1 is 1.25 bits per heavy atom. The third kappa shape index (κ3) is 3.15. The van der Waals surface area contributed by atoms with E-state index >= 15 is 0 Å². The number of carboxylic acid groups (broad SMARTS) is 1. The molecule has 1 aromatic heterocycles. The molecule has 0 spiro atoms. The Kier molecular flexibility index (Phi) is 4.03. The zero-order chi connectivity index (χ0) is 14.7. The van der Waals surface area contributed by atoms with E-state index in [4.69, 9.17) is 5.11 Å². The zero-order valence-electron chi connectivity index (χ0n) is 11.9. The summed E-state index contributed by atoms with van der Waals surface area (Å²) in [6, 6.07) is 8.32. The lowest BCUT2D eigenvalue weighted by Crippen LogP contribution is -2.04. The monoisotopic (exact) mass is 270 g/mol.